The van der Waals surface area contributed by atoms with Gasteiger partial charge in [-0.05, 0) is 76.3 Å². The van der Waals surface area contributed by atoms with Crippen molar-refractivity contribution in [2.24, 2.45) is 5.73 Å². The number of carboxylic acid groups (broad SMARTS) is 1. The highest BCUT2D eigenvalue weighted by molar-refractivity contribution is 9.10. The Kier molecular flexibility index (Phi) is 7.32. The van der Waals surface area contributed by atoms with Crippen molar-refractivity contribution in [1.82, 2.24) is 9.97 Å². The zero-order valence-corrected chi connectivity index (χ0v) is 21.7. The molecule has 3 aromatic rings. The summed E-state index contributed by atoms with van der Waals surface area (Å²) in [7, 11) is 0. The number of halogens is 7. The quantitative estimate of drug-likeness (QED) is 0.282. The van der Waals surface area contributed by atoms with Gasteiger partial charge in [0.15, 0.2) is 0 Å². The Bertz CT molecular complexity index is 1400. The van der Waals surface area contributed by atoms with Gasteiger partial charge in [0.25, 0.3) is 0 Å². The van der Waals surface area contributed by atoms with Crippen molar-refractivity contribution in [1.29, 1.82) is 0 Å². The molecule has 0 unspecified atom stereocenters. The van der Waals surface area contributed by atoms with Crippen LogP contribution in [0.5, 0.6) is 5.75 Å². The Morgan fingerprint density at radius 3 is 2.28 bits per heavy atom. The van der Waals surface area contributed by atoms with Gasteiger partial charge in [-0.2, -0.15) is 26.3 Å². The van der Waals surface area contributed by atoms with Gasteiger partial charge < -0.3 is 15.9 Å². The van der Waals surface area contributed by atoms with Crippen molar-refractivity contribution in [3.05, 3.63) is 80.8 Å². The zero-order valence-electron chi connectivity index (χ0n) is 20.1. The van der Waals surface area contributed by atoms with Gasteiger partial charge in [-0.25, -0.2) is 14.8 Å². The molecule has 7 nitrogen and oxygen atoms in total. The third-order valence-corrected chi connectivity index (χ3v) is 7.26. The Hall–Kier alpha value is -3.39. The Labute approximate surface area is 226 Å². The van der Waals surface area contributed by atoms with Crippen LogP contribution in [0, 0.1) is 0 Å². The number of anilines is 1. The van der Waals surface area contributed by atoms with E-state index in [9.17, 15) is 41.4 Å². The fraction of sp³-hybridized carbons (Fsp3) is 0.320. The van der Waals surface area contributed by atoms with Gasteiger partial charge in [0, 0.05) is 18.5 Å². The summed E-state index contributed by atoms with van der Waals surface area (Å²) >= 11 is 3.22. The summed E-state index contributed by atoms with van der Waals surface area (Å²) in [5, 5.41) is 20.0. The molecule has 208 valence electrons. The lowest BCUT2D eigenvalue weighted by atomic mass is 9.80. The number of phenols is 1. The van der Waals surface area contributed by atoms with Crippen LogP contribution in [0.2, 0.25) is 0 Å². The number of fused-ring (bicyclic) bond motifs is 1. The normalized spacial score (nSPS) is 19.6. The van der Waals surface area contributed by atoms with Crippen LogP contribution >= 0.6 is 15.9 Å². The number of hydrogen-bond acceptors (Lipinski definition) is 5. The van der Waals surface area contributed by atoms with Gasteiger partial charge in [-0.1, -0.05) is 6.92 Å². The van der Waals surface area contributed by atoms with E-state index in [1.54, 1.807) is 6.92 Å². The number of benzene rings is 2. The minimum atomic E-state index is -5.00. The van der Waals surface area contributed by atoms with E-state index in [-0.39, 0.29) is 51.9 Å². The number of carbonyl (C=O) groups is 1. The number of alkyl halides is 6. The van der Waals surface area contributed by atoms with Gasteiger partial charge in [-0.3, -0.25) is 4.90 Å². The molecule has 0 bridgehead atoms. The predicted octanol–water partition coefficient (Wildman–Crippen LogP) is 6.66. The van der Waals surface area contributed by atoms with Gasteiger partial charge >= 0.3 is 18.4 Å². The van der Waals surface area contributed by atoms with Crippen LogP contribution in [-0.4, -0.2) is 31.9 Å². The summed E-state index contributed by atoms with van der Waals surface area (Å²) in [6, 6.07) is 5.35. The molecule has 2 aromatic carbocycles. The molecule has 1 aliphatic rings. The van der Waals surface area contributed by atoms with E-state index in [4.69, 9.17) is 5.73 Å². The monoisotopic (exact) mass is 618 g/mol. The molecule has 39 heavy (non-hydrogen) atoms. The summed E-state index contributed by atoms with van der Waals surface area (Å²) in [5.41, 5.74) is 2.59. The van der Waals surface area contributed by atoms with Crippen LogP contribution in [0.1, 0.15) is 59.5 Å². The average molecular weight is 619 g/mol. The lowest BCUT2D eigenvalue weighted by Gasteiger charge is -2.46. The standard InChI is InChI=1S/C25H21BrF6N4O3/c1-2-23(33)10-17(16-9-15(37)3-4-20(16)36(23)22(38)39)21-34-11-18(26)19(35-21)7-12-5-13(24(27,28)29)8-14(6-12)25(30,31)32/h3-6,8-9,11,17,37H,2,7,10,33H2,1H3,(H,38,39)/t17-,23+/m0/s1. The summed E-state index contributed by atoms with van der Waals surface area (Å²) in [6.07, 6.45) is -10.2. The summed E-state index contributed by atoms with van der Waals surface area (Å²) in [4.78, 5) is 21.8. The number of rotatable bonds is 4. The summed E-state index contributed by atoms with van der Waals surface area (Å²) < 4.78 is 80.3. The van der Waals surface area contributed by atoms with Crippen LogP contribution in [0.4, 0.5) is 36.8 Å². The molecule has 0 saturated carbocycles. The maximum atomic E-state index is 13.3. The fourth-order valence-electron chi connectivity index (χ4n) is 4.67. The highest BCUT2D eigenvalue weighted by Gasteiger charge is 2.46. The van der Waals surface area contributed by atoms with Crippen LogP contribution < -0.4 is 10.6 Å². The molecule has 2 atom stereocenters. The van der Waals surface area contributed by atoms with Crippen molar-refractivity contribution in [2.75, 3.05) is 4.90 Å². The summed E-state index contributed by atoms with van der Waals surface area (Å²) in [6.45, 7) is 1.69. The van der Waals surface area contributed by atoms with Crippen LogP contribution in [0.15, 0.2) is 47.1 Å². The van der Waals surface area contributed by atoms with Crippen molar-refractivity contribution < 1.29 is 41.4 Å². The van der Waals surface area contributed by atoms with Crippen LogP contribution in [0.3, 0.4) is 0 Å². The van der Waals surface area contributed by atoms with Crippen molar-refractivity contribution in [3.8, 4) is 5.75 Å². The molecule has 14 heteroatoms. The van der Waals surface area contributed by atoms with Crippen molar-refractivity contribution in [2.45, 2.75) is 50.1 Å². The fourth-order valence-corrected chi connectivity index (χ4v) is 5.00. The molecular weight excluding hydrogens is 598 g/mol. The molecule has 2 heterocycles. The van der Waals surface area contributed by atoms with E-state index in [1.807, 2.05) is 0 Å². The third-order valence-electron chi connectivity index (χ3n) is 6.60. The molecule has 0 saturated heterocycles. The second-order valence-electron chi connectivity index (χ2n) is 9.19. The molecule has 1 aromatic heterocycles. The SMILES string of the molecule is CC[C@]1(N)C[C@H](c2ncc(Br)c(Cc3cc(C(F)(F)F)cc(C(F)(F)F)c3)n2)c2cc(O)ccc2N1C(=O)O. The Balaban J connectivity index is 1.82. The van der Waals surface area contributed by atoms with Crippen molar-refractivity contribution >= 4 is 27.7 Å². The van der Waals surface area contributed by atoms with Crippen LogP contribution in [0.25, 0.3) is 0 Å². The topological polar surface area (TPSA) is 113 Å². The summed E-state index contributed by atoms with van der Waals surface area (Å²) in [5.74, 6) is -0.797. The predicted molar refractivity (Wildman–Crippen MR) is 131 cm³/mol. The minimum absolute atomic E-state index is 0.00485. The first-order valence-electron chi connectivity index (χ1n) is 11.5. The molecule has 4 N–H and O–H groups in total. The third kappa shape index (κ3) is 5.66. The molecule has 0 radical (unpaired) electrons. The molecule has 4 rings (SSSR count). The van der Waals surface area contributed by atoms with Gasteiger partial charge in [0.05, 0.1) is 27.0 Å². The lowest BCUT2D eigenvalue weighted by molar-refractivity contribution is -0.143. The van der Waals surface area contributed by atoms with E-state index in [0.29, 0.717) is 17.7 Å². The Morgan fingerprint density at radius 1 is 1.13 bits per heavy atom. The van der Waals surface area contributed by atoms with E-state index in [0.717, 1.165) is 4.90 Å². The first-order valence-corrected chi connectivity index (χ1v) is 12.3. The maximum Gasteiger partial charge on any atom is 0.416 e. The molecule has 1 aliphatic heterocycles. The highest BCUT2D eigenvalue weighted by Crippen LogP contribution is 2.46. The first-order chi connectivity index (χ1) is 18.0. The van der Waals surface area contributed by atoms with Crippen molar-refractivity contribution in [3.63, 3.8) is 0 Å². The van der Waals surface area contributed by atoms with E-state index in [1.165, 1.54) is 24.4 Å². The number of phenolic OH excluding ortho intramolecular Hbond substituents is 1. The number of aromatic nitrogens is 2. The number of amides is 1. The second kappa shape index (κ2) is 9.97. The lowest BCUT2D eigenvalue weighted by Crippen LogP contribution is -2.61. The zero-order chi connectivity index (χ0) is 28.9. The second-order valence-corrected chi connectivity index (χ2v) is 10.0. The smallest absolute Gasteiger partial charge is 0.416 e. The molecule has 0 fully saturated rings. The minimum Gasteiger partial charge on any atom is -0.508 e. The number of nitrogens with two attached hydrogens (primary N) is 1. The maximum absolute atomic E-state index is 13.3. The molecule has 1 amide bonds. The molecular formula is C25H21BrF6N4O3. The van der Waals surface area contributed by atoms with E-state index < -0.39 is 47.6 Å². The Morgan fingerprint density at radius 2 is 1.74 bits per heavy atom. The molecule has 0 aliphatic carbocycles. The average Bonchev–Trinajstić information content (AvgIpc) is 2.83. The van der Waals surface area contributed by atoms with E-state index >= 15 is 0 Å². The first kappa shape index (κ1) is 28.6. The largest absolute Gasteiger partial charge is 0.508 e. The van der Waals surface area contributed by atoms with Gasteiger partial charge in [0.1, 0.15) is 17.2 Å². The molecule has 0 spiro atoms. The van der Waals surface area contributed by atoms with Gasteiger partial charge in [0.2, 0.25) is 0 Å². The number of hydrogen-bond donors (Lipinski definition) is 3. The number of aromatic hydroxyl groups is 1. The highest BCUT2D eigenvalue weighted by atomic mass is 79.9. The van der Waals surface area contributed by atoms with E-state index in [2.05, 4.69) is 25.9 Å². The van der Waals surface area contributed by atoms with Crippen LogP contribution in [-0.2, 0) is 18.8 Å². The van der Waals surface area contributed by atoms with Gasteiger partial charge in [-0.15, -0.1) is 0 Å². The number of nitrogens with zero attached hydrogens (tertiary/aromatic N) is 3.